The molecule has 0 radical (unpaired) electrons. The molecule has 0 saturated carbocycles. The maximum atomic E-state index is 12.9. The number of carbonyl (C=O) groups excluding carboxylic acids is 1. The van der Waals surface area contributed by atoms with Crippen LogP contribution in [-0.4, -0.2) is 56.0 Å². The quantitative estimate of drug-likeness (QED) is 0.490. The minimum atomic E-state index is -3.46. The summed E-state index contributed by atoms with van der Waals surface area (Å²) in [6.45, 7) is 4.92. The average Bonchev–Trinajstić information content (AvgIpc) is 2.85. The van der Waals surface area contributed by atoms with Crippen molar-refractivity contribution >= 4 is 33.4 Å². The lowest BCUT2D eigenvalue weighted by atomic mass is 10.1. The van der Waals surface area contributed by atoms with Gasteiger partial charge in [0.2, 0.25) is 10.0 Å². The predicted molar refractivity (Wildman–Crippen MR) is 138 cm³/mol. The van der Waals surface area contributed by atoms with Crippen LogP contribution in [0.15, 0.2) is 82.6 Å². The van der Waals surface area contributed by atoms with Gasteiger partial charge in [-0.05, 0) is 61.2 Å². The highest BCUT2D eigenvalue weighted by molar-refractivity contribution is 7.98. The van der Waals surface area contributed by atoms with Crippen molar-refractivity contribution in [2.45, 2.75) is 23.3 Å². The first-order chi connectivity index (χ1) is 16.3. The Morgan fingerprint density at radius 2 is 1.62 bits per heavy atom. The van der Waals surface area contributed by atoms with Crippen molar-refractivity contribution in [2.75, 3.05) is 37.8 Å². The van der Waals surface area contributed by atoms with Crippen LogP contribution in [0.4, 0.5) is 5.69 Å². The molecule has 178 valence electrons. The molecule has 3 aromatic carbocycles. The maximum absolute atomic E-state index is 12.9. The van der Waals surface area contributed by atoms with E-state index in [1.54, 1.807) is 28.2 Å². The van der Waals surface area contributed by atoms with Crippen LogP contribution in [0.5, 0.6) is 0 Å². The van der Waals surface area contributed by atoms with Gasteiger partial charge in [0.25, 0.3) is 5.91 Å². The number of carbonyl (C=O) groups is 1. The standard InChI is InChI=1S/C26H29N3O3S2/c1-20-6-12-25(13-7-20)34(31,32)29-16-14-28(15-17-29)19-21-8-10-22(11-9-21)26(30)27-23-4-3-5-24(18-23)33-2/h3-13,18H,14-17,19H2,1-2H3,(H,27,30). The number of amides is 1. The fourth-order valence-electron chi connectivity index (χ4n) is 3.91. The van der Waals surface area contributed by atoms with E-state index in [0.717, 1.165) is 28.3 Å². The number of aryl methyl sites for hydroxylation is 1. The zero-order valence-corrected chi connectivity index (χ0v) is 21.0. The summed E-state index contributed by atoms with van der Waals surface area (Å²) in [5, 5.41) is 2.94. The molecule has 1 fully saturated rings. The maximum Gasteiger partial charge on any atom is 0.255 e. The van der Waals surface area contributed by atoms with E-state index in [0.29, 0.717) is 36.6 Å². The largest absolute Gasteiger partial charge is 0.322 e. The molecule has 6 nitrogen and oxygen atoms in total. The molecule has 0 bridgehead atoms. The molecule has 0 unspecified atom stereocenters. The van der Waals surface area contributed by atoms with Crippen LogP contribution in [0.3, 0.4) is 0 Å². The third-order valence-electron chi connectivity index (χ3n) is 5.94. The Labute approximate surface area is 206 Å². The highest BCUT2D eigenvalue weighted by atomic mass is 32.2. The number of anilines is 1. The number of rotatable bonds is 7. The number of hydrogen-bond donors (Lipinski definition) is 1. The zero-order valence-electron chi connectivity index (χ0n) is 19.4. The molecule has 0 atom stereocenters. The van der Waals surface area contributed by atoms with Crippen LogP contribution >= 0.6 is 11.8 Å². The number of thioether (sulfide) groups is 1. The van der Waals surface area contributed by atoms with Crippen molar-refractivity contribution < 1.29 is 13.2 Å². The molecule has 1 amide bonds. The smallest absolute Gasteiger partial charge is 0.255 e. The summed E-state index contributed by atoms with van der Waals surface area (Å²) in [4.78, 5) is 16.3. The van der Waals surface area contributed by atoms with Gasteiger partial charge in [-0.3, -0.25) is 9.69 Å². The molecule has 1 saturated heterocycles. The van der Waals surface area contributed by atoms with Crippen molar-refractivity contribution in [1.29, 1.82) is 0 Å². The number of sulfonamides is 1. The monoisotopic (exact) mass is 495 g/mol. The Kier molecular flexibility index (Phi) is 7.73. The summed E-state index contributed by atoms with van der Waals surface area (Å²) >= 11 is 1.63. The zero-order chi connectivity index (χ0) is 24.1. The number of nitrogens with zero attached hydrogens (tertiary/aromatic N) is 2. The van der Waals surface area contributed by atoms with Gasteiger partial charge in [0.05, 0.1) is 4.90 Å². The van der Waals surface area contributed by atoms with Crippen LogP contribution < -0.4 is 5.32 Å². The lowest BCUT2D eigenvalue weighted by Crippen LogP contribution is -2.48. The van der Waals surface area contributed by atoms with E-state index >= 15 is 0 Å². The minimum Gasteiger partial charge on any atom is -0.322 e. The van der Waals surface area contributed by atoms with E-state index in [2.05, 4.69) is 10.2 Å². The van der Waals surface area contributed by atoms with E-state index in [4.69, 9.17) is 0 Å². The molecule has 1 aliphatic heterocycles. The molecule has 1 heterocycles. The van der Waals surface area contributed by atoms with Gasteiger partial charge in [0.1, 0.15) is 0 Å². The van der Waals surface area contributed by atoms with Gasteiger partial charge in [-0.25, -0.2) is 8.42 Å². The number of benzene rings is 3. The molecule has 0 spiro atoms. The summed E-state index contributed by atoms with van der Waals surface area (Å²) in [6.07, 6.45) is 2.00. The summed E-state index contributed by atoms with van der Waals surface area (Å²) in [5.41, 5.74) is 3.51. The van der Waals surface area contributed by atoms with Crippen LogP contribution in [0.2, 0.25) is 0 Å². The van der Waals surface area contributed by atoms with E-state index in [-0.39, 0.29) is 5.91 Å². The van der Waals surface area contributed by atoms with Gasteiger partial charge in [0, 0.05) is 48.9 Å². The third kappa shape index (κ3) is 5.88. The van der Waals surface area contributed by atoms with E-state index in [1.807, 2.05) is 73.8 Å². The summed E-state index contributed by atoms with van der Waals surface area (Å²) in [7, 11) is -3.46. The first kappa shape index (κ1) is 24.5. The molecular formula is C26H29N3O3S2. The minimum absolute atomic E-state index is 0.139. The van der Waals surface area contributed by atoms with Crippen LogP contribution in [0.1, 0.15) is 21.5 Å². The Bertz CT molecular complexity index is 1240. The lowest BCUT2D eigenvalue weighted by Gasteiger charge is -2.34. The third-order valence-corrected chi connectivity index (χ3v) is 8.58. The predicted octanol–water partition coefficient (Wildman–Crippen LogP) is 4.48. The first-order valence-corrected chi connectivity index (χ1v) is 13.9. The van der Waals surface area contributed by atoms with Crippen LogP contribution in [0.25, 0.3) is 0 Å². The number of piperazine rings is 1. The van der Waals surface area contributed by atoms with Gasteiger partial charge < -0.3 is 5.32 Å². The molecule has 8 heteroatoms. The van der Waals surface area contributed by atoms with Crippen LogP contribution in [0, 0.1) is 6.92 Å². The number of hydrogen-bond acceptors (Lipinski definition) is 5. The van der Waals surface area contributed by atoms with Gasteiger partial charge in [0.15, 0.2) is 0 Å². The van der Waals surface area contributed by atoms with Crippen molar-refractivity contribution in [3.05, 3.63) is 89.5 Å². The van der Waals surface area contributed by atoms with Gasteiger partial charge in [-0.2, -0.15) is 4.31 Å². The topological polar surface area (TPSA) is 69.7 Å². The van der Waals surface area contributed by atoms with Gasteiger partial charge in [-0.1, -0.05) is 35.9 Å². The molecular weight excluding hydrogens is 466 g/mol. The molecule has 1 aliphatic rings. The van der Waals surface area contributed by atoms with E-state index < -0.39 is 10.0 Å². The van der Waals surface area contributed by atoms with Crippen molar-refractivity contribution in [2.24, 2.45) is 0 Å². The molecule has 3 aromatic rings. The Balaban J connectivity index is 1.31. The molecule has 4 rings (SSSR count). The number of nitrogens with one attached hydrogen (secondary N) is 1. The summed E-state index contributed by atoms with van der Waals surface area (Å²) in [5.74, 6) is -0.139. The van der Waals surface area contributed by atoms with Crippen molar-refractivity contribution in [3.63, 3.8) is 0 Å². The fourth-order valence-corrected chi connectivity index (χ4v) is 5.79. The average molecular weight is 496 g/mol. The second-order valence-corrected chi connectivity index (χ2v) is 11.2. The highest BCUT2D eigenvalue weighted by Crippen LogP contribution is 2.21. The molecule has 0 aliphatic carbocycles. The second kappa shape index (κ2) is 10.7. The van der Waals surface area contributed by atoms with E-state index in [1.165, 1.54) is 0 Å². The lowest BCUT2D eigenvalue weighted by molar-refractivity contribution is 0.102. The van der Waals surface area contributed by atoms with Crippen molar-refractivity contribution in [1.82, 2.24) is 9.21 Å². The molecule has 1 N–H and O–H groups in total. The SMILES string of the molecule is CSc1cccc(NC(=O)c2ccc(CN3CCN(S(=O)(=O)c4ccc(C)cc4)CC3)cc2)c1. The Morgan fingerprint density at radius 1 is 0.941 bits per heavy atom. The summed E-state index contributed by atoms with van der Waals surface area (Å²) < 4.78 is 27.4. The fraction of sp³-hybridized carbons (Fsp3) is 0.269. The van der Waals surface area contributed by atoms with E-state index in [9.17, 15) is 13.2 Å². The Morgan fingerprint density at radius 3 is 2.26 bits per heavy atom. The van der Waals surface area contributed by atoms with Crippen LogP contribution in [-0.2, 0) is 16.6 Å². The highest BCUT2D eigenvalue weighted by Gasteiger charge is 2.28. The summed E-state index contributed by atoms with van der Waals surface area (Å²) in [6, 6.07) is 22.4. The molecule has 0 aromatic heterocycles. The first-order valence-electron chi connectivity index (χ1n) is 11.2. The van der Waals surface area contributed by atoms with Gasteiger partial charge >= 0.3 is 0 Å². The Hall–Kier alpha value is -2.65. The second-order valence-electron chi connectivity index (χ2n) is 8.38. The van der Waals surface area contributed by atoms with Crippen molar-refractivity contribution in [3.8, 4) is 0 Å². The normalized spacial score (nSPS) is 15.2. The van der Waals surface area contributed by atoms with Gasteiger partial charge in [-0.15, -0.1) is 11.8 Å². The molecule has 34 heavy (non-hydrogen) atoms.